The van der Waals surface area contributed by atoms with Gasteiger partial charge in [-0.05, 0) is 49.1 Å². The third-order valence-corrected chi connectivity index (χ3v) is 7.33. The largest absolute Gasteiger partial charge is 0.493 e. The van der Waals surface area contributed by atoms with Crippen LogP contribution in [0.2, 0.25) is 0 Å². The maximum atomic E-state index is 13.6. The van der Waals surface area contributed by atoms with E-state index < -0.39 is 15.9 Å². The number of hydrogen-bond acceptors (Lipinski definition) is 6. The number of nitrogens with zero attached hydrogens (tertiary/aromatic N) is 1. The van der Waals surface area contributed by atoms with Crippen molar-refractivity contribution in [2.45, 2.75) is 38.8 Å². The predicted octanol–water partition coefficient (Wildman–Crippen LogP) is 3.57. The van der Waals surface area contributed by atoms with E-state index in [4.69, 9.17) is 9.47 Å². The van der Waals surface area contributed by atoms with Crippen LogP contribution in [-0.2, 0) is 21.2 Å². The summed E-state index contributed by atoms with van der Waals surface area (Å²) in [6, 6.07) is 9.84. The van der Waals surface area contributed by atoms with E-state index in [-0.39, 0.29) is 30.0 Å². The molecular weight excluding hydrogens is 456 g/mol. The number of methoxy groups -OCH3 is 1. The Morgan fingerprint density at radius 1 is 1.21 bits per heavy atom. The first-order chi connectivity index (χ1) is 16.2. The summed E-state index contributed by atoms with van der Waals surface area (Å²) in [6.45, 7) is 2.51. The number of anilines is 1. The monoisotopic (exact) mass is 486 g/mol. The molecule has 8 nitrogen and oxygen atoms in total. The minimum Gasteiger partial charge on any atom is -0.493 e. The molecule has 1 heterocycles. The van der Waals surface area contributed by atoms with Gasteiger partial charge in [-0.1, -0.05) is 24.6 Å². The number of fused-ring (bicyclic) bond motifs is 1. The van der Waals surface area contributed by atoms with Crippen molar-refractivity contribution in [1.29, 1.82) is 0 Å². The lowest BCUT2D eigenvalue weighted by atomic mass is 9.84. The molecule has 1 unspecified atom stereocenters. The molecule has 2 aromatic carbocycles. The molecule has 9 heteroatoms. The van der Waals surface area contributed by atoms with E-state index in [0.29, 0.717) is 34.9 Å². The summed E-state index contributed by atoms with van der Waals surface area (Å²) < 4.78 is 35.8. The van der Waals surface area contributed by atoms with E-state index in [0.717, 1.165) is 31.1 Å². The standard InChI is InChI=1S/C25H30N2O6S/c1-4-33-22-13-17(11-12-21(22)32-2)20(15-34(3,30)31)27-14-18-9-6-10-19(23(18)25(27)29)26-24(28)16-7-5-8-16/h6,9-13,16,20H,4-5,7-8,14-15H2,1-3H3,(H,26,28). The molecule has 2 aliphatic rings. The molecule has 0 bridgehead atoms. The fraction of sp³-hybridized carbons (Fsp3) is 0.440. The average molecular weight is 487 g/mol. The van der Waals surface area contributed by atoms with Crippen LogP contribution in [0, 0.1) is 5.92 Å². The molecule has 1 saturated carbocycles. The Morgan fingerprint density at radius 3 is 2.59 bits per heavy atom. The molecule has 1 fully saturated rings. The van der Waals surface area contributed by atoms with Crippen LogP contribution < -0.4 is 14.8 Å². The van der Waals surface area contributed by atoms with Crippen LogP contribution in [0.15, 0.2) is 36.4 Å². The number of rotatable bonds is 9. The predicted molar refractivity (Wildman–Crippen MR) is 129 cm³/mol. The van der Waals surface area contributed by atoms with Crippen LogP contribution in [0.3, 0.4) is 0 Å². The number of ether oxygens (including phenoxy) is 2. The van der Waals surface area contributed by atoms with Crippen molar-refractivity contribution >= 4 is 27.3 Å². The van der Waals surface area contributed by atoms with Crippen molar-refractivity contribution in [3.05, 3.63) is 53.1 Å². The van der Waals surface area contributed by atoms with Crippen molar-refractivity contribution < 1.29 is 27.5 Å². The van der Waals surface area contributed by atoms with Gasteiger partial charge in [0.1, 0.15) is 9.84 Å². The van der Waals surface area contributed by atoms with Crippen LogP contribution >= 0.6 is 0 Å². The van der Waals surface area contributed by atoms with Crippen molar-refractivity contribution in [2.24, 2.45) is 5.92 Å². The maximum absolute atomic E-state index is 13.6. The molecule has 1 aliphatic carbocycles. The zero-order chi connectivity index (χ0) is 24.5. The molecule has 0 saturated heterocycles. The summed E-state index contributed by atoms with van der Waals surface area (Å²) in [5.74, 6) is 0.378. The minimum atomic E-state index is -3.43. The quantitative estimate of drug-likeness (QED) is 0.581. The smallest absolute Gasteiger partial charge is 0.257 e. The number of carbonyl (C=O) groups is 2. The van der Waals surface area contributed by atoms with Gasteiger partial charge in [-0.15, -0.1) is 0 Å². The van der Waals surface area contributed by atoms with Gasteiger partial charge in [-0.3, -0.25) is 9.59 Å². The molecular formula is C25H30N2O6S. The van der Waals surface area contributed by atoms with Gasteiger partial charge in [-0.25, -0.2) is 8.42 Å². The van der Waals surface area contributed by atoms with Gasteiger partial charge in [0.15, 0.2) is 11.5 Å². The molecule has 34 heavy (non-hydrogen) atoms. The Bertz CT molecular complexity index is 1210. The lowest BCUT2D eigenvalue weighted by Crippen LogP contribution is -2.34. The number of sulfone groups is 1. The third-order valence-electron chi connectivity index (χ3n) is 6.41. The number of carbonyl (C=O) groups excluding carboxylic acids is 2. The van der Waals surface area contributed by atoms with Crippen LogP contribution in [0.4, 0.5) is 5.69 Å². The molecule has 0 aromatic heterocycles. The topological polar surface area (TPSA) is 102 Å². The summed E-state index contributed by atoms with van der Waals surface area (Å²) in [7, 11) is -1.90. The fourth-order valence-electron chi connectivity index (χ4n) is 4.47. The highest BCUT2D eigenvalue weighted by Gasteiger charge is 2.38. The zero-order valence-electron chi connectivity index (χ0n) is 19.7. The molecule has 1 aliphatic heterocycles. The lowest BCUT2D eigenvalue weighted by molar-refractivity contribution is -0.122. The summed E-state index contributed by atoms with van der Waals surface area (Å²) >= 11 is 0. The highest BCUT2D eigenvalue weighted by molar-refractivity contribution is 7.90. The summed E-state index contributed by atoms with van der Waals surface area (Å²) in [6.07, 6.45) is 3.91. The summed E-state index contributed by atoms with van der Waals surface area (Å²) in [5.41, 5.74) is 2.29. The van der Waals surface area contributed by atoms with Gasteiger partial charge in [-0.2, -0.15) is 0 Å². The third kappa shape index (κ3) is 4.89. The van der Waals surface area contributed by atoms with Crippen LogP contribution in [-0.4, -0.2) is 50.9 Å². The Kier molecular flexibility index (Phi) is 6.84. The first-order valence-corrected chi connectivity index (χ1v) is 13.5. The zero-order valence-corrected chi connectivity index (χ0v) is 20.5. The highest BCUT2D eigenvalue weighted by Crippen LogP contribution is 2.39. The Balaban J connectivity index is 1.69. The number of hydrogen-bond donors (Lipinski definition) is 1. The van der Waals surface area contributed by atoms with E-state index in [2.05, 4.69) is 5.32 Å². The van der Waals surface area contributed by atoms with E-state index in [1.165, 1.54) is 7.11 Å². The van der Waals surface area contributed by atoms with Gasteiger partial charge in [0.05, 0.1) is 36.8 Å². The van der Waals surface area contributed by atoms with Gasteiger partial charge in [0, 0.05) is 18.7 Å². The van der Waals surface area contributed by atoms with Crippen molar-refractivity contribution in [2.75, 3.05) is 31.0 Å². The van der Waals surface area contributed by atoms with Gasteiger partial charge in [0.25, 0.3) is 5.91 Å². The van der Waals surface area contributed by atoms with Crippen molar-refractivity contribution in [3.63, 3.8) is 0 Å². The lowest BCUT2D eigenvalue weighted by Gasteiger charge is -2.28. The minimum absolute atomic E-state index is 0.0160. The Hall–Kier alpha value is -3.07. The molecule has 0 spiro atoms. The molecule has 1 atom stereocenters. The summed E-state index contributed by atoms with van der Waals surface area (Å²) in [5, 5.41) is 2.92. The Labute approximate surface area is 200 Å². The molecule has 2 amide bonds. The first kappa shape index (κ1) is 24.1. The first-order valence-electron chi connectivity index (χ1n) is 11.4. The normalized spacial score (nSPS) is 16.6. The molecule has 182 valence electrons. The number of amides is 2. The SMILES string of the molecule is CCOc1cc(C(CS(C)(=O)=O)N2Cc3cccc(NC(=O)C4CCC4)c3C2=O)ccc1OC. The van der Waals surface area contributed by atoms with Gasteiger partial charge < -0.3 is 19.7 Å². The molecule has 2 aromatic rings. The number of nitrogens with one attached hydrogen (secondary N) is 1. The van der Waals surface area contributed by atoms with Gasteiger partial charge >= 0.3 is 0 Å². The molecule has 4 rings (SSSR count). The van der Waals surface area contributed by atoms with E-state index in [9.17, 15) is 18.0 Å². The average Bonchev–Trinajstić information content (AvgIpc) is 3.07. The second kappa shape index (κ2) is 9.66. The molecule has 1 N–H and O–H groups in total. The van der Waals surface area contributed by atoms with E-state index in [1.807, 2.05) is 13.0 Å². The van der Waals surface area contributed by atoms with Crippen LogP contribution in [0.25, 0.3) is 0 Å². The maximum Gasteiger partial charge on any atom is 0.257 e. The number of benzene rings is 2. The Morgan fingerprint density at radius 2 is 1.97 bits per heavy atom. The van der Waals surface area contributed by atoms with E-state index in [1.54, 1.807) is 35.2 Å². The molecule has 0 radical (unpaired) electrons. The second-order valence-corrected chi connectivity index (χ2v) is 11.0. The van der Waals surface area contributed by atoms with Crippen molar-refractivity contribution in [3.8, 4) is 11.5 Å². The van der Waals surface area contributed by atoms with Crippen LogP contribution in [0.1, 0.15) is 53.7 Å². The van der Waals surface area contributed by atoms with Crippen LogP contribution in [0.5, 0.6) is 11.5 Å². The second-order valence-electron chi connectivity index (χ2n) is 8.84. The van der Waals surface area contributed by atoms with E-state index >= 15 is 0 Å². The highest BCUT2D eigenvalue weighted by atomic mass is 32.2. The fourth-order valence-corrected chi connectivity index (χ4v) is 5.41. The summed E-state index contributed by atoms with van der Waals surface area (Å²) in [4.78, 5) is 27.7. The van der Waals surface area contributed by atoms with Crippen molar-refractivity contribution in [1.82, 2.24) is 4.90 Å². The van der Waals surface area contributed by atoms with Gasteiger partial charge in [0.2, 0.25) is 5.91 Å².